The summed E-state index contributed by atoms with van der Waals surface area (Å²) < 4.78 is 13.8. The molecule has 3 heteroatoms. The third-order valence-electron chi connectivity index (χ3n) is 3.23. The Kier molecular flexibility index (Phi) is 6.67. The van der Waals surface area contributed by atoms with Crippen LogP contribution in [-0.4, -0.2) is 12.1 Å². The van der Waals surface area contributed by atoms with Gasteiger partial charge in [-0.1, -0.05) is 19.9 Å². The second kappa shape index (κ2) is 7.56. The summed E-state index contributed by atoms with van der Waals surface area (Å²) in [5.74, 6) is 1.05. The third-order valence-corrected chi connectivity index (χ3v) is 3.84. The molecule has 20 heavy (non-hydrogen) atoms. The van der Waals surface area contributed by atoms with Gasteiger partial charge in [0.15, 0.2) is 0 Å². The van der Waals surface area contributed by atoms with E-state index in [-0.39, 0.29) is 11.4 Å². The van der Waals surface area contributed by atoms with E-state index in [0.717, 1.165) is 13.0 Å². The van der Waals surface area contributed by atoms with Gasteiger partial charge in [0.1, 0.15) is 5.82 Å². The fourth-order valence-electron chi connectivity index (χ4n) is 2.36. The maximum atomic E-state index is 13.3. The molecule has 0 amide bonds. The third kappa shape index (κ3) is 6.85. The highest BCUT2D eigenvalue weighted by Crippen LogP contribution is 2.22. The van der Waals surface area contributed by atoms with Crippen molar-refractivity contribution in [3.05, 3.63) is 34.1 Å². The average molecular weight is 344 g/mol. The van der Waals surface area contributed by atoms with E-state index in [1.165, 1.54) is 12.0 Å². The first-order valence-corrected chi connectivity index (χ1v) is 8.15. The molecule has 1 rings (SSSR count). The monoisotopic (exact) mass is 343 g/mol. The van der Waals surface area contributed by atoms with Gasteiger partial charge in [0.2, 0.25) is 0 Å². The summed E-state index contributed by atoms with van der Waals surface area (Å²) in [7, 11) is 0. The lowest BCUT2D eigenvalue weighted by Gasteiger charge is -2.26. The first-order chi connectivity index (χ1) is 9.17. The Morgan fingerprint density at radius 1 is 1.25 bits per heavy atom. The molecule has 0 radical (unpaired) electrons. The highest BCUT2D eigenvalue weighted by atomic mass is 79.9. The molecule has 1 N–H and O–H groups in total. The van der Waals surface area contributed by atoms with Crippen LogP contribution in [0, 0.1) is 17.7 Å². The quantitative estimate of drug-likeness (QED) is 0.750. The van der Waals surface area contributed by atoms with Gasteiger partial charge in [0.25, 0.3) is 0 Å². The Bertz CT molecular complexity index is 423. The molecule has 0 saturated heterocycles. The van der Waals surface area contributed by atoms with Gasteiger partial charge in [0.05, 0.1) is 4.47 Å². The van der Waals surface area contributed by atoms with Gasteiger partial charge in [-0.15, -0.1) is 0 Å². The summed E-state index contributed by atoms with van der Waals surface area (Å²) in [5.41, 5.74) is 1.33. The molecule has 1 aromatic carbocycles. The van der Waals surface area contributed by atoms with Crippen LogP contribution in [0.4, 0.5) is 4.39 Å². The maximum Gasteiger partial charge on any atom is 0.137 e. The molecule has 1 unspecified atom stereocenters. The van der Waals surface area contributed by atoms with Crippen LogP contribution in [-0.2, 0) is 6.42 Å². The molecule has 0 aliphatic carbocycles. The minimum Gasteiger partial charge on any atom is -0.312 e. The van der Waals surface area contributed by atoms with Crippen LogP contribution in [0.3, 0.4) is 0 Å². The number of hydrogen-bond donors (Lipinski definition) is 1. The zero-order valence-corrected chi connectivity index (χ0v) is 14.8. The van der Waals surface area contributed by atoms with Crippen LogP contribution >= 0.6 is 15.9 Å². The van der Waals surface area contributed by atoms with Crippen LogP contribution in [0.1, 0.15) is 46.6 Å². The largest absolute Gasteiger partial charge is 0.312 e. The molecule has 0 fully saturated rings. The molecule has 114 valence electrons. The summed E-state index contributed by atoms with van der Waals surface area (Å²) in [4.78, 5) is 0. The van der Waals surface area contributed by atoms with E-state index in [0.29, 0.717) is 16.3 Å². The topological polar surface area (TPSA) is 12.0 Å². The van der Waals surface area contributed by atoms with Crippen molar-refractivity contribution in [2.24, 2.45) is 11.8 Å². The highest BCUT2D eigenvalue weighted by Gasteiger charge is 2.16. The van der Waals surface area contributed by atoms with Crippen LogP contribution in [0.15, 0.2) is 22.7 Å². The van der Waals surface area contributed by atoms with E-state index >= 15 is 0 Å². The fourth-order valence-corrected chi connectivity index (χ4v) is 2.78. The van der Waals surface area contributed by atoms with Crippen molar-refractivity contribution in [2.45, 2.75) is 53.0 Å². The Morgan fingerprint density at radius 3 is 2.40 bits per heavy atom. The van der Waals surface area contributed by atoms with Crippen LogP contribution in [0.2, 0.25) is 0 Å². The summed E-state index contributed by atoms with van der Waals surface area (Å²) in [6, 6.07) is 5.34. The predicted octanol–water partition coefficient (Wildman–Crippen LogP) is 5.18. The Hall–Kier alpha value is -0.410. The van der Waals surface area contributed by atoms with E-state index in [1.54, 1.807) is 6.07 Å². The molecule has 1 nitrogen and oxygen atoms in total. The Labute approximate surface area is 131 Å². The molecule has 0 heterocycles. The molecule has 1 atom stereocenters. The first kappa shape index (κ1) is 17.6. The van der Waals surface area contributed by atoms with Crippen molar-refractivity contribution < 1.29 is 4.39 Å². The number of nitrogens with one attached hydrogen (secondary N) is 1. The summed E-state index contributed by atoms with van der Waals surface area (Å²) in [6.07, 6.45) is 2.16. The van der Waals surface area contributed by atoms with E-state index in [1.807, 2.05) is 12.1 Å². The molecular weight excluding hydrogens is 317 g/mol. The summed E-state index contributed by atoms with van der Waals surface area (Å²) in [6.45, 7) is 12.1. The average Bonchev–Trinajstić information content (AvgIpc) is 2.29. The molecule has 0 aliphatic rings. The van der Waals surface area contributed by atoms with Crippen molar-refractivity contribution in [1.82, 2.24) is 5.32 Å². The second-order valence-corrected chi connectivity index (χ2v) is 7.93. The molecule has 0 saturated carbocycles. The van der Waals surface area contributed by atoms with Crippen molar-refractivity contribution in [1.29, 1.82) is 0 Å². The van der Waals surface area contributed by atoms with Gasteiger partial charge in [0, 0.05) is 5.54 Å². The minimum absolute atomic E-state index is 0.138. The van der Waals surface area contributed by atoms with Crippen LogP contribution < -0.4 is 5.32 Å². The Morgan fingerprint density at radius 2 is 1.90 bits per heavy atom. The standard InChI is InChI=1S/C17H27BrFN/c1-12(2)8-14(11-20-17(3,4)5)9-13-6-7-16(19)15(18)10-13/h6-7,10,12,14,20H,8-9,11H2,1-5H3. The number of rotatable bonds is 6. The summed E-state index contributed by atoms with van der Waals surface area (Å²) in [5, 5.41) is 3.59. The smallest absolute Gasteiger partial charge is 0.137 e. The van der Waals surface area contributed by atoms with Crippen molar-refractivity contribution in [2.75, 3.05) is 6.54 Å². The van der Waals surface area contributed by atoms with Gasteiger partial charge in [-0.25, -0.2) is 4.39 Å². The van der Waals surface area contributed by atoms with Crippen molar-refractivity contribution in [3.8, 4) is 0 Å². The fraction of sp³-hybridized carbons (Fsp3) is 0.647. The zero-order chi connectivity index (χ0) is 15.3. The van der Waals surface area contributed by atoms with E-state index in [9.17, 15) is 4.39 Å². The maximum absolute atomic E-state index is 13.3. The normalized spacial score (nSPS) is 13.8. The van der Waals surface area contributed by atoms with Gasteiger partial charge in [-0.05, 0) is 85.6 Å². The molecular formula is C17H27BrFN. The van der Waals surface area contributed by atoms with Crippen molar-refractivity contribution in [3.63, 3.8) is 0 Å². The number of hydrogen-bond acceptors (Lipinski definition) is 1. The molecule has 0 spiro atoms. The Balaban J connectivity index is 2.70. The van der Waals surface area contributed by atoms with Gasteiger partial charge in [-0.2, -0.15) is 0 Å². The minimum atomic E-state index is -0.193. The van der Waals surface area contributed by atoms with Gasteiger partial charge < -0.3 is 5.32 Å². The molecule has 0 aliphatic heterocycles. The molecule has 1 aromatic rings. The van der Waals surface area contributed by atoms with Crippen molar-refractivity contribution >= 4 is 15.9 Å². The van der Waals surface area contributed by atoms with Crippen LogP contribution in [0.25, 0.3) is 0 Å². The SMILES string of the molecule is CC(C)CC(CNC(C)(C)C)Cc1ccc(F)c(Br)c1. The van der Waals surface area contributed by atoms with E-state index in [2.05, 4.69) is 55.9 Å². The zero-order valence-electron chi connectivity index (χ0n) is 13.3. The van der Waals surface area contributed by atoms with E-state index < -0.39 is 0 Å². The van der Waals surface area contributed by atoms with Crippen LogP contribution in [0.5, 0.6) is 0 Å². The summed E-state index contributed by atoms with van der Waals surface area (Å²) >= 11 is 3.27. The first-order valence-electron chi connectivity index (χ1n) is 7.36. The molecule has 0 aromatic heterocycles. The van der Waals surface area contributed by atoms with Gasteiger partial charge in [-0.3, -0.25) is 0 Å². The number of halogens is 2. The lowest BCUT2D eigenvalue weighted by molar-refractivity contribution is 0.331. The highest BCUT2D eigenvalue weighted by molar-refractivity contribution is 9.10. The lowest BCUT2D eigenvalue weighted by atomic mass is 9.90. The van der Waals surface area contributed by atoms with Gasteiger partial charge >= 0.3 is 0 Å². The molecule has 0 bridgehead atoms. The van der Waals surface area contributed by atoms with E-state index in [4.69, 9.17) is 0 Å². The lowest BCUT2D eigenvalue weighted by Crippen LogP contribution is -2.39. The predicted molar refractivity (Wildman–Crippen MR) is 88.5 cm³/mol. The number of benzene rings is 1. The second-order valence-electron chi connectivity index (χ2n) is 7.08.